The van der Waals surface area contributed by atoms with E-state index in [1.807, 2.05) is 19.0 Å². The number of hydrogen-bond donors (Lipinski definition) is 2. The Bertz CT molecular complexity index is 803. The van der Waals surface area contributed by atoms with Crippen LogP contribution >= 0.6 is 11.9 Å². The van der Waals surface area contributed by atoms with Crippen LogP contribution in [0.2, 0.25) is 0 Å². The second kappa shape index (κ2) is 7.15. The van der Waals surface area contributed by atoms with Gasteiger partial charge < -0.3 is 10.2 Å². The van der Waals surface area contributed by atoms with E-state index in [1.54, 1.807) is 12.4 Å². The molecule has 0 saturated carbocycles. The van der Waals surface area contributed by atoms with Gasteiger partial charge in [-0.15, -0.1) is 0 Å². The van der Waals surface area contributed by atoms with E-state index in [4.69, 9.17) is 0 Å². The Hall–Kier alpha value is -2.28. The van der Waals surface area contributed by atoms with Crippen molar-refractivity contribution in [1.29, 1.82) is 0 Å². The van der Waals surface area contributed by atoms with Crippen LogP contribution in [0, 0.1) is 0 Å². The van der Waals surface area contributed by atoms with Gasteiger partial charge >= 0.3 is 6.03 Å². The molecule has 0 unspecified atom stereocenters. The van der Waals surface area contributed by atoms with Crippen LogP contribution in [0.15, 0.2) is 23.5 Å². The van der Waals surface area contributed by atoms with Crippen molar-refractivity contribution in [2.24, 2.45) is 0 Å². The van der Waals surface area contributed by atoms with E-state index in [9.17, 15) is 4.79 Å². The number of rotatable bonds is 4. The molecule has 2 aliphatic rings. The molecule has 0 radical (unpaired) electrons. The Labute approximate surface area is 157 Å². The number of urea groups is 1. The molecule has 1 aromatic carbocycles. The molecule has 2 aliphatic carbocycles. The molecule has 0 bridgehead atoms. The molecule has 2 N–H and O–H groups in total. The van der Waals surface area contributed by atoms with Crippen molar-refractivity contribution in [1.82, 2.24) is 14.7 Å². The Morgan fingerprint density at radius 3 is 2.31 bits per heavy atom. The molecular formula is C19H23N5OS. The molecule has 136 valence electrons. The molecule has 6 nitrogen and oxygen atoms in total. The summed E-state index contributed by atoms with van der Waals surface area (Å²) in [5, 5.41) is 3.78. The second-order valence-corrected chi connectivity index (χ2v) is 7.83. The normalized spacial score (nSPS) is 14.7. The summed E-state index contributed by atoms with van der Waals surface area (Å²) >= 11 is 1.18. The van der Waals surface area contributed by atoms with Crippen molar-refractivity contribution in [2.75, 3.05) is 24.3 Å². The van der Waals surface area contributed by atoms with Crippen LogP contribution in [0.3, 0.4) is 0 Å². The van der Waals surface area contributed by atoms with E-state index >= 15 is 0 Å². The van der Waals surface area contributed by atoms with E-state index < -0.39 is 0 Å². The van der Waals surface area contributed by atoms with Gasteiger partial charge in [0.25, 0.3) is 0 Å². The maximum absolute atomic E-state index is 12.5. The average molecular weight is 369 g/mol. The molecule has 7 heteroatoms. The van der Waals surface area contributed by atoms with Gasteiger partial charge in [0.05, 0.1) is 12.4 Å². The first kappa shape index (κ1) is 17.1. The van der Waals surface area contributed by atoms with Crippen LogP contribution in [0.25, 0.3) is 0 Å². The van der Waals surface area contributed by atoms with E-state index in [0.29, 0.717) is 5.03 Å². The highest BCUT2D eigenvalue weighted by Crippen LogP contribution is 2.38. The lowest BCUT2D eigenvalue weighted by Crippen LogP contribution is -2.24. The van der Waals surface area contributed by atoms with Crippen LogP contribution in [0.4, 0.5) is 16.3 Å². The molecule has 0 spiro atoms. The van der Waals surface area contributed by atoms with Gasteiger partial charge in [-0.3, -0.25) is 4.72 Å². The molecule has 1 aromatic heterocycles. The quantitative estimate of drug-likeness (QED) is 0.809. The third-order valence-electron chi connectivity index (χ3n) is 5.03. The van der Waals surface area contributed by atoms with Crippen molar-refractivity contribution in [3.8, 4) is 0 Å². The van der Waals surface area contributed by atoms with E-state index in [0.717, 1.165) is 37.2 Å². The summed E-state index contributed by atoms with van der Waals surface area (Å²) < 4.78 is 2.83. The third kappa shape index (κ3) is 3.35. The zero-order valence-corrected chi connectivity index (χ0v) is 15.9. The summed E-state index contributed by atoms with van der Waals surface area (Å²) in [5.41, 5.74) is 6.55. The lowest BCUT2D eigenvalue weighted by atomic mass is 9.99. The van der Waals surface area contributed by atoms with Crippen molar-refractivity contribution < 1.29 is 4.79 Å². The predicted octanol–water partition coefficient (Wildman–Crippen LogP) is 3.35. The lowest BCUT2D eigenvalue weighted by Gasteiger charge is -2.16. The highest BCUT2D eigenvalue weighted by molar-refractivity contribution is 7.97. The molecule has 0 aliphatic heterocycles. The van der Waals surface area contributed by atoms with Gasteiger partial charge in [0, 0.05) is 31.7 Å². The number of nitrogens with one attached hydrogen (secondary N) is 2. The summed E-state index contributed by atoms with van der Waals surface area (Å²) in [6.07, 6.45) is 10.1. The number of fused-ring (bicyclic) bond motifs is 2. The SMILES string of the molecule is CN(C)c1cnc(SNC(=O)Nc2c3c(cc4c2CCC4)CCC3)cn1. The maximum atomic E-state index is 12.5. The molecule has 2 aromatic rings. The second-order valence-electron chi connectivity index (χ2n) is 7.00. The summed E-state index contributed by atoms with van der Waals surface area (Å²) in [6, 6.07) is 2.16. The van der Waals surface area contributed by atoms with Gasteiger partial charge in [-0.05, 0) is 60.8 Å². The largest absolute Gasteiger partial charge is 0.361 e. The van der Waals surface area contributed by atoms with Gasteiger partial charge in [0.15, 0.2) is 0 Å². The number of aromatic nitrogens is 2. The van der Waals surface area contributed by atoms with E-state index in [2.05, 4.69) is 26.1 Å². The standard InChI is InChI=1S/C19H23N5OS/c1-24(2)16-10-21-17(11-20-16)26-23-19(25)22-18-14-7-3-5-12(14)9-13-6-4-8-15(13)18/h9-11H,3-8H2,1-2H3,(H2,22,23,25). The first-order chi connectivity index (χ1) is 12.6. The fourth-order valence-electron chi connectivity index (χ4n) is 3.80. The van der Waals surface area contributed by atoms with Gasteiger partial charge in [-0.2, -0.15) is 0 Å². The van der Waals surface area contributed by atoms with Crippen molar-refractivity contribution in [3.05, 3.63) is 40.7 Å². The van der Waals surface area contributed by atoms with Crippen LogP contribution in [0.5, 0.6) is 0 Å². The predicted molar refractivity (Wildman–Crippen MR) is 105 cm³/mol. The average Bonchev–Trinajstić information content (AvgIpc) is 3.29. The van der Waals surface area contributed by atoms with Crippen LogP contribution in [-0.4, -0.2) is 30.1 Å². The zero-order chi connectivity index (χ0) is 18.1. The summed E-state index contributed by atoms with van der Waals surface area (Å²) in [6.45, 7) is 0. The fraction of sp³-hybridized carbons (Fsp3) is 0.421. The van der Waals surface area contributed by atoms with E-state index in [1.165, 1.54) is 47.0 Å². The Kier molecular flexibility index (Phi) is 4.72. The minimum Gasteiger partial charge on any atom is -0.361 e. The molecule has 0 saturated heterocycles. The highest BCUT2D eigenvalue weighted by atomic mass is 32.2. The number of anilines is 2. The highest BCUT2D eigenvalue weighted by Gasteiger charge is 2.24. The Morgan fingerprint density at radius 1 is 1.04 bits per heavy atom. The van der Waals surface area contributed by atoms with Gasteiger partial charge in [0.2, 0.25) is 0 Å². The fourth-order valence-corrected chi connectivity index (χ4v) is 4.26. The number of amides is 2. The zero-order valence-electron chi connectivity index (χ0n) is 15.1. The van der Waals surface area contributed by atoms with Crippen molar-refractivity contribution in [3.63, 3.8) is 0 Å². The van der Waals surface area contributed by atoms with Crippen molar-refractivity contribution in [2.45, 2.75) is 43.6 Å². The molecule has 0 fully saturated rings. The van der Waals surface area contributed by atoms with Gasteiger partial charge in [-0.1, -0.05) is 6.07 Å². The van der Waals surface area contributed by atoms with Crippen LogP contribution in [-0.2, 0) is 25.7 Å². The monoisotopic (exact) mass is 369 g/mol. The molecule has 26 heavy (non-hydrogen) atoms. The smallest absolute Gasteiger partial charge is 0.329 e. The number of benzene rings is 1. The summed E-state index contributed by atoms with van der Waals surface area (Å²) in [4.78, 5) is 23.0. The summed E-state index contributed by atoms with van der Waals surface area (Å²) in [5.74, 6) is 0.786. The van der Waals surface area contributed by atoms with E-state index in [-0.39, 0.29) is 6.03 Å². The number of aryl methyl sites for hydroxylation is 2. The van der Waals surface area contributed by atoms with Crippen LogP contribution < -0.4 is 14.9 Å². The first-order valence-corrected chi connectivity index (χ1v) is 9.83. The third-order valence-corrected chi connectivity index (χ3v) is 5.74. The topological polar surface area (TPSA) is 70.2 Å². The maximum Gasteiger partial charge on any atom is 0.329 e. The summed E-state index contributed by atoms with van der Waals surface area (Å²) in [7, 11) is 3.83. The van der Waals surface area contributed by atoms with Crippen molar-refractivity contribution >= 4 is 29.5 Å². The number of carbonyl (C=O) groups is 1. The molecule has 0 atom stereocenters. The number of carbonyl (C=O) groups excluding carboxylic acids is 1. The minimum atomic E-state index is -0.206. The molecular weight excluding hydrogens is 346 g/mol. The first-order valence-electron chi connectivity index (χ1n) is 9.01. The number of hydrogen-bond acceptors (Lipinski definition) is 5. The molecule has 1 heterocycles. The number of nitrogens with zero attached hydrogens (tertiary/aromatic N) is 3. The minimum absolute atomic E-state index is 0.206. The van der Waals surface area contributed by atoms with Crippen LogP contribution in [0.1, 0.15) is 35.1 Å². The molecule has 4 rings (SSSR count). The Balaban J connectivity index is 1.44. The van der Waals surface area contributed by atoms with Gasteiger partial charge in [0.1, 0.15) is 10.8 Å². The molecule has 2 amide bonds. The lowest BCUT2D eigenvalue weighted by molar-refractivity contribution is 0.257. The van der Waals surface area contributed by atoms with Gasteiger partial charge in [-0.25, -0.2) is 14.8 Å². The Morgan fingerprint density at radius 2 is 1.73 bits per heavy atom.